The number of allylic oxidation sites excluding steroid dienone is 2. The standard InChI is InChI=1S/C20H32O4/c1-3-4-12-18(22)14-9-7-10-15-19(23)13-8-5-6-11-16-20(24)17(2)21/h3-4H,5-16H2,1-2H3. The highest BCUT2D eigenvalue weighted by Gasteiger charge is 2.07. The van der Waals surface area contributed by atoms with Gasteiger partial charge in [-0.05, 0) is 32.6 Å². The summed E-state index contributed by atoms with van der Waals surface area (Å²) in [5.41, 5.74) is 0. The van der Waals surface area contributed by atoms with E-state index in [1.54, 1.807) is 0 Å². The van der Waals surface area contributed by atoms with Gasteiger partial charge in [-0.1, -0.05) is 31.4 Å². The van der Waals surface area contributed by atoms with E-state index in [1.807, 2.05) is 19.1 Å². The van der Waals surface area contributed by atoms with Crippen LogP contribution in [0.15, 0.2) is 12.2 Å². The fourth-order valence-electron chi connectivity index (χ4n) is 2.43. The van der Waals surface area contributed by atoms with Crippen LogP contribution in [-0.2, 0) is 19.2 Å². The van der Waals surface area contributed by atoms with Crippen LogP contribution in [-0.4, -0.2) is 23.1 Å². The zero-order valence-corrected chi connectivity index (χ0v) is 15.3. The molecule has 0 bridgehead atoms. The van der Waals surface area contributed by atoms with Gasteiger partial charge in [-0.3, -0.25) is 19.2 Å². The van der Waals surface area contributed by atoms with Gasteiger partial charge < -0.3 is 0 Å². The summed E-state index contributed by atoms with van der Waals surface area (Å²) in [6.07, 6.45) is 12.5. The highest BCUT2D eigenvalue weighted by molar-refractivity contribution is 6.36. The minimum atomic E-state index is -0.367. The number of carbonyl (C=O) groups excluding carboxylic acids is 4. The summed E-state index contributed by atoms with van der Waals surface area (Å²) in [7, 11) is 0. The predicted molar refractivity (Wildman–Crippen MR) is 95.9 cm³/mol. The van der Waals surface area contributed by atoms with E-state index in [4.69, 9.17) is 0 Å². The summed E-state index contributed by atoms with van der Waals surface area (Å²) in [4.78, 5) is 45.1. The van der Waals surface area contributed by atoms with Crippen molar-refractivity contribution < 1.29 is 19.2 Å². The van der Waals surface area contributed by atoms with Gasteiger partial charge in [0, 0.05) is 39.0 Å². The van der Waals surface area contributed by atoms with E-state index in [1.165, 1.54) is 6.92 Å². The average molecular weight is 336 g/mol. The van der Waals surface area contributed by atoms with Gasteiger partial charge in [0.1, 0.15) is 11.6 Å². The number of hydrogen-bond acceptors (Lipinski definition) is 4. The molecule has 0 rings (SSSR count). The Hall–Kier alpha value is -1.58. The molecule has 0 saturated carbocycles. The molecule has 0 atom stereocenters. The molecule has 0 amide bonds. The zero-order chi connectivity index (χ0) is 18.2. The first-order valence-corrected chi connectivity index (χ1v) is 9.15. The normalized spacial score (nSPS) is 10.9. The minimum absolute atomic E-state index is 0.266. The highest BCUT2D eigenvalue weighted by Crippen LogP contribution is 2.10. The van der Waals surface area contributed by atoms with Crippen molar-refractivity contribution in [1.82, 2.24) is 0 Å². The molecule has 0 unspecified atom stereocenters. The minimum Gasteiger partial charge on any atom is -0.300 e. The third-order valence-corrected chi connectivity index (χ3v) is 3.99. The van der Waals surface area contributed by atoms with Gasteiger partial charge in [0.25, 0.3) is 0 Å². The first-order valence-electron chi connectivity index (χ1n) is 9.15. The first-order chi connectivity index (χ1) is 11.5. The van der Waals surface area contributed by atoms with Crippen molar-refractivity contribution in [3.8, 4) is 0 Å². The largest absolute Gasteiger partial charge is 0.300 e. The smallest absolute Gasteiger partial charge is 0.198 e. The molecule has 0 spiro atoms. The third kappa shape index (κ3) is 14.0. The molecule has 0 aliphatic heterocycles. The molecule has 136 valence electrons. The lowest BCUT2D eigenvalue weighted by Gasteiger charge is -2.02. The summed E-state index contributed by atoms with van der Waals surface area (Å²) in [5.74, 6) is -0.110. The van der Waals surface area contributed by atoms with Crippen LogP contribution in [0, 0.1) is 0 Å². The number of rotatable bonds is 16. The van der Waals surface area contributed by atoms with Gasteiger partial charge in [-0.2, -0.15) is 0 Å². The van der Waals surface area contributed by atoms with E-state index in [9.17, 15) is 19.2 Å². The van der Waals surface area contributed by atoms with Crippen LogP contribution in [0.5, 0.6) is 0 Å². The Kier molecular flexibility index (Phi) is 14.0. The Bertz CT molecular complexity index is 435. The first kappa shape index (κ1) is 22.4. The molecule has 0 radical (unpaired) electrons. The van der Waals surface area contributed by atoms with Crippen LogP contribution in [0.25, 0.3) is 0 Å². The third-order valence-electron chi connectivity index (χ3n) is 3.99. The highest BCUT2D eigenvalue weighted by atomic mass is 16.2. The van der Waals surface area contributed by atoms with E-state index in [2.05, 4.69) is 0 Å². The summed E-state index contributed by atoms with van der Waals surface area (Å²) in [6, 6.07) is 0. The van der Waals surface area contributed by atoms with Gasteiger partial charge in [0.2, 0.25) is 0 Å². The fraction of sp³-hybridized carbons (Fsp3) is 0.700. The second kappa shape index (κ2) is 15.0. The molecule has 0 aromatic carbocycles. The maximum Gasteiger partial charge on any atom is 0.198 e. The molecule has 0 heterocycles. The SMILES string of the molecule is CC=CCC(=O)CCCCCC(=O)CCCCCCC(=O)C(C)=O. The Morgan fingerprint density at radius 3 is 1.62 bits per heavy atom. The quantitative estimate of drug-likeness (QED) is 0.236. The van der Waals surface area contributed by atoms with Crippen molar-refractivity contribution >= 4 is 23.1 Å². The van der Waals surface area contributed by atoms with Crippen LogP contribution in [0.3, 0.4) is 0 Å². The maximum atomic E-state index is 11.7. The molecule has 0 N–H and O–H groups in total. The lowest BCUT2D eigenvalue weighted by Crippen LogP contribution is -2.08. The monoisotopic (exact) mass is 336 g/mol. The summed E-state index contributed by atoms with van der Waals surface area (Å²) >= 11 is 0. The van der Waals surface area contributed by atoms with Gasteiger partial charge in [0.05, 0.1) is 0 Å². The average Bonchev–Trinajstić information content (AvgIpc) is 2.55. The van der Waals surface area contributed by atoms with Crippen molar-refractivity contribution in [3.63, 3.8) is 0 Å². The molecular formula is C20H32O4. The van der Waals surface area contributed by atoms with Crippen LogP contribution in [0.4, 0.5) is 0 Å². The molecule has 0 aliphatic rings. The number of unbranched alkanes of at least 4 members (excludes halogenated alkanes) is 5. The Balaban J connectivity index is 3.43. The molecule has 4 nitrogen and oxygen atoms in total. The van der Waals surface area contributed by atoms with Crippen LogP contribution < -0.4 is 0 Å². The van der Waals surface area contributed by atoms with Gasteiger partial charge in [-0.15, -0.1) is 0 Å². The van der Waals surface area contributed by atoms with Crippen molar-refractivity contribution in [2.24, 2.45) is 0 Å². The number of hydrogen-bond donors (Lipinski definition) is 0. The molecule has 0 saturated heterocycles. The summed E-state index contributed by atoms with van der Waals surface area (Å²) < 4.78 is 0. The Morgan fingerprint density at radius 2 is 1.12 bits per heavy atom. The number of Topliss-reactive ketones (excluding diaryl/α,β-unsaturated/α-hetero) is 4. The lowest BCUT2D eigenvalue weighted by atomic mass is 10.0. The van der Waals surface area contributed by atoms with E-state index >= 15 is 0 Å². The Morgan fingerprint density at radius 1 is 0.667 bits per heavy atom. The van der Waals surface area contributed by atoms with Crippen LogP contribution >= 0.6 is 0 Å². The molecule has 4 heteroatoms. The van der Waals surface area contributed by atoms with E-state index in [-0.39, 0.29) is 23.1 Å². The van der Waals surface area contributed by atoms with E-state index < -0.39 is 0 Å². The van der Waals surface area contributed by atoms with Gasteiger partial charge >= 0.3 is 0 Å². The van der Waals surface area contributed by atoms with E-state index in [0.29, 0.717) is 32.1 Å². The Labute approximate surface area is 146 Å². The summed E-state index contributed by atoms with van der Waals surface area (Å²) in [6.45, 7) is 3.21. The van der Waals surface area contributed by atoms with Gasteiger partial charge in [0.15, 0.2) is 11.6 Å². The molecular weight excluding hydrogens is 304 g/mol. The van der Waals surface area contributed by atoms with E-state index in [0.717, 1.165) is 44.9 Å². The predicted octanol–water partition coefficient (Wildman–Crippen LogP) is 4.54. The molecule has 0 aliphatic carbocycles. The second-order valence-corrected chi connectivity index (χ2v) is 6.30. The second-order valence-electron chi connectivity index (χ2n) is 6.30. The van der Waals surface area contributed by atoms with Crippen LogP contribution in [0.2, 0.25) is 0 Å². The fourth-order valence-corrected chi connectivity index (χ4v) is 2.43. The van der Waals surface area contributed by atoms with Crippen molar-refractivity contribution in [3.05, 3.63) is 12.2 Å². The summed E-state index contributed by atoms with van der Waals surface area (Å²) in [5, 5.41) is 0. The van der Waals surface area contributed by atoms with Crippen molar-refractivity contribution in [2.75, 3.05) is 0 Å². The zero-order valence-electron chi connectivity index (χ0n) is 15.3. The van der Waals surface area contributed by atoms with Crippen molar-refractivity contribution in [2.45, 2.75) is 90.9 Å². The van der Waals surface area contributed by atoms with Crippen molar-refractivity contribution in [1.29, 1.82) is 0 Å². The number of ketones is 4. The molecule has 0 fully saturated rings. The van der Waals surface area contributed by atoms with Gasteiger partial charge in [-0.25, -0.2) is 0 Å². The maximum absolute atomic E-state index is 11.7. The molecule has 0 aromatic rings. The number of carbonyl (C=O) groups is 4. The van der Waals surface area contributed by atoms with Crippen LogP contribution in [0.1, 0.15) is 90.9 Å². The topological polar surface area (TPSA) is 68.3 Å². The molecule has 24 heavy (non-hydrogen) atoms. The lowest BCUT2D eigenvalue weighted by molar-refractivity contribution is -0.135. The molecule has 0 aromatic heterocycles.